The number of aldehydes is 1. The minimum atomic E-state index is -0.228. The zero-order valence-electron chi connectivity index (χ0n) is 10.3. The highest BCUT2D eigenvalue weighted by Crippen LogP contribution is 2.06. The van der Waals surface area contributed by atoms with Gasteiger partial charge in [0.25, 0.3) is 5.56 Å². The van der Waals surface area contributed by atoms with Crippen LogP contribution in [0.25, 0.3) is 10.9 Å². The van der Waals surface area contributed by atoms with Crippen molar-refractivity contribution in [2.75, 3.05) is 26.4 Å². The van der Waals surface area contributed by atoms with Crippen molar-refractivity contribution >= 4 is 17.2 Å². The second-order valence-electron chi connectivity index (χ2n) is 3.85. The van der Waals surface area contributed by atoms with Crippen LogP contribution in [0.5, 0.6) is 0 Å². The molecule has 1 N–H and O–H groups in total. The third-order valence-corrected chi connectivity index (χ3v) is 2.54. The number of hydrogen-bond donors (Lipinski definition) is 1. The predicted octanol–water partition coefficient (Wildman–Crippen LogP) is 0.769. The molecule has 19 heavy (non-hydrogen) atoms. The Balaban J connectivity index is 0.000000186. The molecule has 1 aliphatic rings. The van der Waals surface area contributed by atoms with Crippen LogP contribution in [-0.4, -0.2) is 42.7 Å². The first-order chi connectivity index (χ1) is 9.31. The van der Waals surface area contributed by atoms with E-state index in [0.29, 0.717) is 22.8 Å². The van der Waals surface area contributed by atoms with Gasteiger partial charge in [0.15, 0.2) is 0 Å². The number of aromatic nitrogens is 2. The number of H-pyrrole nitrogens is 1. The molecule has 100 valence electrons. The number of rotatable bonds is 1. The number of nitrogens with zero attached hydrogens (tertiary/aromatic N) is 1. The first-order valence-electron chi connectivity index (χ1n) is 5.89. The Morgan fingerprint density at radius 1 is 1.16 bits per heavy atom. The maximum absolute atomic E-state index is 11.2. The van der Waals surface area contributed by atoms with Gasteiger partial charge in [0.2, 0.25) is 0 Å². The number of aromatic amines is 1. The van der Waals surface area contributed by atoms with E-state index >= 15 is 0 Å². The molecular formula is C13H14N2O4. The molecule has 0 unspecified atom stereocenters. The normalized spacial score (nSPS) is 14.5. The van der Waals surface area contributed by atoms with Crippen LogP contribution in [0.15, 0.2) is 29.3 Å². The lowest BCUT2D eigenvalue weighted by atomic mass is 10.2. The average molecular weight is 262 g/mol. The number of carbonyl (C=O) groups excluding carboxylic acids is 1. The summed E-state index contributed by atoms with van der Waals surface area (Å²) in [6.45, 7) is 3.11. The van der Waals surface area contributed by atoms with Gasteiger partial charge in [-0.05, 0) is 18.2 Å². The first kappa shape index (κ1) is 13.4. The molecule has 1 fully saturated rings. The molecule has 0 atom stereocenters. The Kier molecular flexibility index (Phi) is 4.77. The summed E-state index contributed by atoms with van der Waals surface area (Å²) in [6.07, 6.45) is 2.04. The summed E-state index contributed by atoms with van der Waals surface area (Å²) in [5, 5.41) is 0.437. The molecule has 2 aromatic rings. The molecule has 1 saturated heterocycles. The molecule has 6 heteroatoms. The SMILES string of the molecule is C1COCCO1.O=Cc1ccc2nc[nH]c(=O)c2c1. The zero-order chi connectivity index (χ0) is 13.5. The minimum Gasteiger partial charge on any atom is -0.377 e. The topological polar surface area (TPSA) is 81.3 Å². The summed E-state index contributed by atoms with van der Waals surface area (Å²) >= 11 is 0. The van der Waals surface area contributed by atoms with E-state index < -0.39 is 0 Å². The largest absolute Gasteiger partial charge is 0.377 e. The molecule has 0 aliphatic carbocycles. The molecule has 3 rings (SSSR count). The third kappa shape index (κ3) is 3.70. The highest BCUT2D eigenvalue weighted by atomic mass is 16.6. The monoisotopic (exact) mass is 262 g/mol. The number of hydrogen-bond acceptors (Lipinski definition) is 5. The fraction of sp³-hybridized carbons (Fsp3) is 0.308. The summed E-state index contributed by atoms with van der Waals surface area (Å²) in [5.41, 5.74) is 0.842. The molecule has 0 saturated carbocycles. The minimum absolute atomic E-state index is 0.228. The fourth-order valence-electron chi connectivity index (χ4n) is 1.60. The van der Waals surface area contributed by atoms with Gasteiger partial charge < -0.3 is 14.5 Å². The van der Waals surface area contributed by atoms with Gasteiger partial charge in [-0.25, -0.2) is 4.98 Å². The second-order valence-corrected chi connectivity index (χ2v) is 3.85. The van der Waals surface area contributed by atoms with Crippen LogP contribution >= 0.6 is 0 Å². The number of fused-ring (bicyclic) bond motifs is 1. The first-order valence-corrected chi connectivity index (χ1v) is 5.89. The quantitative estimate of drug-likeness (QED) is 0.768. The van der Waals surface area contributed by atoms with Crippen molar-refractivity contribution in [3.05, 3.63) is 40.4 Å². The molecule has 1 aromatic heterocycles. The Labute approximate surface area is 109 Å². The molecule has 0 bridgehead atoms. The van der Waals surface area contributed by atoms with Gasteiger partial charge >= 0.3 is 0 Å². The van der Waals surface area contributed by atoms with E-state index in [1.54, 1.807) is 12.1 Å². The van der Waals surface area contributed by atoms with Gasteiger partial charge in [0, 0.05) is 5.56 Å². The van der Waals surface area contributed by atoms with Gasteiger partial charge in [-0.3, -0.25) is 9.59 Å². The van der Waals surface area contributed by atoms with Gasteiger partial charge in [0.1, 0.15) is 6.29 Å². The molecular weight excluding hydrogens is 248 g/mol. The van der Waals surface area contributed by atoms with E-state index in [0.717, 1.165) is 26.4 Å². The lowest BCUT2D eigenvalue weighted by Gasteiger charge is -2.09. The molecule has 0 spiro atoms. The van der Waals surface area contributed by atoms with E-state index in [1.807, 2.05) is 0 Å². The number of ether oxygens (including phenoxy) is 2. The van der Waals surface area contributed by atoms with Crippen molar-refractivity contribution in [2.24, 2.45) is 0 Å². The molecule has 6 nitrogen and oxygen atoms in total. The van der Waals surface area contributed by atoms with Gasteiger partial charge in [-0.2, -0.15) is 0 Å². The van der Waals surface area contributed by atoms with E-state index in [9.17, 15) is 9.59 Å². The van der Waals surface area contributed by atoms with Crippen molar-refractivity contribution in [3.8, 4) is 0 Å². The van der Waals surface area contributed by atoms with E-state index in [4.69, 9.17) is 9.47 Å². The number of benzene rings is 1. The number of nitrogens with one attached hydrogen (secondary N) is 1. The Morgan fingerprint density at radius 2 is 1.84 bits per heavy atom. The van der Waals surface area contributed by atoms with Crippen LogP contribution in [0.3, 0.4) is 0 Å². The maximum Gasteiger partial charge on any atom is 0.258 e. The zero-order valence-corrected chi connectivity index (χ0v) is 10.3. The van der Waals surface area contributed by atoms with Crippen molar-refractivity contribution in [1.82, 2.24) is 9.97 Å². The van der Waals surface area contributed by atoms with Crippen molar-refractivity contribution in [2.45, 2.75) is 0 Å². The lowest BCUT2D eigenvalue weighted by molar-refractivity contribution is -0.0334. The van der Waals surface area contributed by atoms with Crippen LogP contribution in [-0.2, 0) is 9.47 Å². The Morgan fingerprint density at radius 3 is 2.42 bits per heavy atom. The lowest BCUT2D eigenvalue weighted by Crippen LogP contribution is -2.16. The molecule has 0 amide bonds. The summed E-state index contributed by atoms with van der Waals surface area (Å²) in [7, 11) is 0. The van der Waals surface area contributed by atoms with Crippen molar-refractivity contribution in [3.63, 3.8) is 0 Å². The smallest absolute Gasteiger partial charge is 0.258 e. The summed E-state index contributed by atoms with van der Waals surface area (Å²) in [4.78, 5) is 28.1. The summed E-state index contributed by atoms with van der Waals surface area (Å²) < 4.78 is 9.89. The highest BCUT2D eigenvalue weighted by molar-refractivity contribution is 5.85. The van der Waals surface area contributed by atoms with Crippen LogP contribution in [0.2, 0.25) is 0 Å². The van der Waals surface area contributed by atoms with Gasteiger partial charge in [0.05, 0.1) is 43.7 Å². The van der Waals surface area contributed by atoms with Crippen molar-refractivity contribution in [1.29, 1.82) is 0 Å². The van der Waals surface area contributed by atoms with E-state index in [-0.39, 0.29) is 5.56 Å². The summed E-state index contributed by atoms with van der Waals surface area (Å²) in [5.74, 6) is 0. The molecule has 0 radical (unpaired) electrons. The van der Waals surface area contributed by atoms with E-state index in [2.05, 4.69) is 9.97 Å². The second kappa shape index (κ2) is 6.77. The Hall–Kier alpha value is -2.05. The molecule has 1 aliphatic heterocycles. The van der Waals surface area contributed by atoms with Gasteiger partial charge in [-0.15, -0.1) is 0 Å². The van der Waals surface area contributed by atoms with Crippen LogP contribution in [0, 0.1) is 0 Å². The fourth-order valence-corrected chi connectivity index (χ4v) is 1.60. The van der Waals surface area contributed by atoms with Crippen LogP contribution in [0.1, 0.15) is 10.4 Å². The van der Waals surface area contributed by atoms with E-state index in [1.165, 1.54) is 12.4 Å². The van der Waals surface area contributed by atoms with Crippen molar-refractivity contribution < 1.29 is 14.3 Å². The predicted molar refractivity (Wildman–Crippen MR) is 69.4 cm³/mol. The number of carbonyl (C=O) groups is 1. The maximum atomic E-state index is 11.2. The molecule has 2 heterocycles. The molecule has 1 aromatic carbocycles. The van der Waals surface area contributed by atoms with Crippen LogP contribution < -0.4 is 5.56 Å². The average Bonchev–Trinajstić information content (AvgIpc) is 2.50. The summed E-state index contributed by atoms with van der Waals surface area (Å²) in [6, 6.07) is 4.80. The van der Waals surface area contributed by atoms with Crippen LogP contribution in [0.4, 0.5) is 0 Å². The third-order valence-electron chi connectivity index (χ3n) is 2.54. The standard InChI is InChI=1S/C9H6N2O2.C4H8O2/c12-4-6-1-2-8-7(3-6)9(13)11-5-10-8;1-2-6-4-3-5-1/h1-5H,(H,10,11,13);1-4H2. The van der Waals surface area contributed by atoms with Gasteiger partial charge in [-0.1, -0.05) is 0 Å². The highest BCUT2D eigenvalue weighted by Gasteiger charge is 1.99. The Bertz CT molecular complexity index is 593.